The molecule has 1 aromatic rings. The lowest BCUT2D eigenvalue weighted by atomic mass is 10.2. The number of nitrogens with one attached hydrogen (secondary N) is 1. The van der Waals surface area contributed by atoms with Crippen molar-refractivity contribution >= 4 is 15.9 Å². The number of ether oxygens (including phenoxy) is 1. The molecule has 0 amide bonds. The second kappa shape index (κ2) is 6.22. The van der Waals surface area contributed by atoms with Crippen molar-refractivity contribution < 1.29 is 17.9 Å². The van der Waals surface area contributed by atoms with Crippen LogP contribution in [-0.4, -0.2) is 19.5 Å². The molecule has 0 spiro atoms. The molecule has 90 valence electrons. The highest BCUT2D eigenvalue weighted by Crippen LogP contribution is 2.16. The van der Waals surface area contributed by atoms with Crippen molar-refractivity contribution in [3.8, 4) is 0 Å². The Hall–Kier alpha value is -0.590. The SMILES string of the molecule is FC(F)(F)OCCNCc1ccccc1Br. The van der Waals surface area contributed by atoms with E-state index in [1.165, 1.54) is 0 Å². The summed E-state index contributed by atoms with van der Waals surface area (Å²) < 4.78 is 39.4. The van der Waals surface area contributed by atoms with Crippen LogP contribution in [0.1, 0.15) is 5.56 Å². The minimum absolute atomic E-state index is 0.154. The van der Waals surface area contributed by atoms with Gasteiger partial charge in [-0.15, -0.1) is 13.2 Å². The molecule has 0 bridgehead atoms. The molecule has 6 heteroatoms. The average molecular weight is 298 g/mol. The van der Waals surface area contributed by atoms with Gasteiger partial charge in [0, 0.05) is 17.6 Å². The van der Waals surface area contributed by atoms with Gasteiger partial charge in [-0.1, -0.05) is 34.1 Å². The van der Waals surface area contributed by atoms with Gasteiger partial charge in [0.25, 0.3) is 0 Å². The Kier molecular flexibility index (Phi) is 5.24. The van der Waals surface area contributed by atoms with Crippen molar-refractivity contribution in [2.24, 2.45) is 0 Å². The molecule has 1 aromatic carbocycles. The fourth-order valence-corrected chi connectivity index (χ4v) is 1.53. The molecule has 0 radical (unpaired) electrons. The Morgan fingerprint density at radius 2 is 1.94 bits per heavy atom. The molecule has 0 fully saturated rings. The lowest BCUT2D eigenvalue weighted by Crippen LogP contribution is -2.24. The van der Waals surface area contributed by atoms with E-state index in [0.29, 0.717) is 6.54 Å². The van der Waals surface area contributed by atoms with Gasteiger partial charge in [0.2, 0.25) is 0 Å². The molecule has 0 aliphatic carbocycles. The van der Waals surface area contributed by atoms with Gasteiger partial charge in [-0.3, -0.25) is 4.74 Å². The molecule has 16 heavy (non-hydrogen) atoms. The molecule has 1 rings (SSSR count). The van der Waals surface area contributed by atoms with Crippen LogP contribution in [-0.2, 0) is 11.3 Å². The topological polar surface area (TPSA) is 21.3 Å². The van der Waals surface area contributed by atoms with Crippen molar-refractivity contribution in [3.63, 3.8) is 0 Å². The summed E-state index contributed by atoms with van der Waals surface area (Å²) >= 11 is 3.35. The van der Waals surface area contributed by atoms with Crippen molar-refractivity contribution in [1.29, 1.82) is 0 Å². The van der Waals surface area contributed by atoms with E-state index in [1.54, 1.807) is 0 Å². The average Bonchev–Trinajstić information content (AvgIpc) is 2.18. The first-order valence-electron chi connectivity index (χ1n) is 4.64. The smallest absolute Gasteiger partial charge is 0.310 e. The summed E-state index contributed by atoms with van der Waals surface area (Å²) in [4.78, 5) is 0. The molecular weight excluding hydrogens is 287 g/mol. The number of rotatable bonds is 5. The second-order valence-electron chi connectivity index (χ2n) is 3.06. The summed E-state index contributed by atoms with van der Waals surface area (Å²) in [5.74, 6) is 0. The van der Waals surface area contributed by atoms with Gasteiger partial charge in [-0.2, -0.15) is 0 Å². The Labute approximate surface area is 99.9 Å². The highest BCUT2D eigenvalue weighted by atomic mass is 79.9. The fraction of sp³-hybridized carbons (Fsp3) is 0.400. The van der Waals surface area contributed by atoms with Crippen LogP contribution in [0, 0.1) is 0 Å². The Morgan fingerprint density at radius 3 is 2.56 bits per heavy atom. The van der Waals surface area contributed by atoms with Crippen LogP contribution >= 0.6 is 15.9 Å². The van der Waals surface area contributed by atoms with Crippen molar-refractivity contribution in [2.75, 3.05) is 13.2 Å². The summed E-state index contributed by atoms with van der Waals surface area (Å²) in [5.41, 5.74) is 0.995. The third-order valence-corrected chi connectivity index (χ3v) is 2.59. The van der Waals surface area contributed by atoms with E-state index in [9.17, 15) is 13.2 Å². The third kappa shape index (κ3) is 5.48. The van der Waals surface area contributed by atoms with E-state index in [2.05, 4.69) is 26.0 Å². The lowest BCUT2D eigenvalue weighted by Gasteiger charge is -2.09. The lowest BCUT2D eigenvalue weighted by molar-refractivity contribution is -0.323. The van der Waals surface area contributed by atoms with Crippen LogP contribution in [0.5, 0.6) is 0 Å². The van der Waals surface area contributed by atoms with Crippen LogP contribution in [0.25, 0.3) is 0 Å². The normalized spacial score (nSPS) is 11.8. The Bertz CT molecular complexity index is 330. The Balaban J connectivity index is 2.19. The van der Waals surface area contributed by atoms with Gasteiger partial charge >= 0.3 is 6.36 Å². The summed E-state index contributed by atoms with van der Waals surface area (Å²) in [6.45, 7) is 0.275. The predicted octanol–water partition coefficient (Wildman–Crippen LogP) is 3.08. The monoisotopic (exact) mass is 297 g/mol. The molecule has 0 saturated carbocycles. The molecule has 0 atom stereocenters. The van der Waals surface area contributed by atoms with E-state index >= 15 is 0 Å². The van der Waals surface area contributed by atoms with Gasteiger partial charge in [0.15, 0.2) is 0 Å². The first-order chi connectivity index (χ1) is 7.49. The summed E-state index contributed by atoms with van der Waals surface area (Å²) in [6, 6.07) is 7.51. The maximum atomic E-state index is 11.6. The van der Waals surface area contributed by atoms with Crippen LogP contribution in [0.2, 0.25) is 0 Å². The van der Waals surface area contributed by atoms with Gasteiger partial charge in [0.05, 0.1) is 6.61 Å². The maximum absolute atomic E-state index is 11.6. The zero-order chi connectivity index (χ0) is 12.0. The summed E-state index contributed by atoms with van der Waals surface area (Å²) in [5, 5.41) is 2.86. The first-order valence-corrected chi connectivity index (χ1v) is 5.43. The first kappa shape index (κ1) is 13.5. The minimum atomic E-state index is -4.55. The van der Waals surface area contributed by atoms with Crippen molar-refractivity contribution in [3.05, 3.63) is 34.3 Å². The standard InChI is InChI=1S/C10H11BrF3NO/c11-9-4-2-1-3-8(9)7-15-5-6-16-10(12,13)14/h1-4,15H,5-7H2. The number of halogens is 4. The van der Waals surface area contributed by atoms with Crippen LogP contribution < -0.4 is 5.32 Å². The minimum Gasteiger partial charge on any atom is -0.310 e. The molecule has 0 aromatic heterocycles. The zero-order valence-electron chi connectivity index (χ0n) is 8.35. The number of hydrogen-bond acceptors (Lipinski definition) is 2. The molecule has 1 N–H and O–H groups in total. The van der Waals surface area contributed by atoms with E-state index in [0.717, 1.165) is 10.0 Å². The van der Waals surface area contributed by atoms with Gasteiger partial charge < -0.3 is 5.32 Å². The molecule has 0 aliphatic rings. The molecule has 2 nitrogen and oxygen atoms in total. The van der Waals surface area contributed by atoms with E-state index in [-0.39, 0.29) is 13.2 Å². The Morgan fingerprint density at radius 1 is 1.25 bits per heavy atom. The van der Waals surface area contributed by atoms with Gasteiger partial charge in [0.1, 0.15) is 0 Å². The van der Waals surface area contributed by atoms with E-state index < -0.39 is 6.36 Å². The van der Waals surface area contributed by atoms with Crippen molar-refractivity contribution in [1.82, 2.24) is 5.32 Å². The molecule has 0 heterocycles. The van der Waals surface area contributed by atoms with Gasteiger partial charge in [-0.25, -0.2) is 0 Å². The summed E-state index contributed by atoms with van der Waals surface area (Å²) in [6.07, 6.45) is -4.55. The van der Waals surface area contributed by atoms with Crippen LogP contribution in [0.15, 0.2) is 28.7 Å². The van der Waals surface area contributed by atoms with Gasteiger partial charge in [-0.05, 0) is 11.6 Å². The summed E-state index contributed by atoms with van der Waals surface area (Å²) in [7, 11) is 0. The van der Waals surface area contributed by atoms with E-state index in [1.807, 2.05) is 24.3 Å². The zero-order valence-corrected chi connectivity index (χ0v) is 9.94. The molecule has 0 saturated heterocycles. The van der Waals surface area contributed by atoms with Crippen LogP contribution in [0.3, 0.4) is 0 Å². The van der Waals surface area contributed by atoms with E-state index in [4.69, 9.17) is 0 Å². The molecular formula is C10H11BrF3NO. The fourth-order valence-electron chi connectivity index (χ4n) is 1.10. The number of hydrogen-bond donors (Lipinski definition) is 1. The highest BCUT2D eigenvalue weighted by molar-refractivity contribution is 9.10. The second-order valence-corrected chi connectivity index (χ2v) is 3.92. The van der Waals surface area contributed by atoms with Crippen LogP contribution in [0.4, 0.5) is 13.2 Å². The third-order valence-electron chi connectivity index (χ3n) is 1.82. The van der Waals surface area contributed by atoms with Crippen molar-refractivity contribution in [2.45, 2.75) is 12.9 Å². The largest absolute Gasteiger partial charge is 0.522 e. The number of alkyl halides is 3. The molecule has 0 aliphatic heterocycles. The maximum Gasteiger partial charge on any atom is 0.522 e. The highest BCUT2D eigenvalue weighted by Gasteiger charge is 2.28. The molecule has 0 unspecified atom stereocenters. The predicted molar refractivity (Wildman–Crippen MR) is 57.9 cm³/mol. The number of benzene rings is 1. The quantitative estimate of drug-likeness (QED) is 0.844.